The third-order valence-electron chi connectivity index (χ3n) is 1.87. The van der Waals surface area contributed by atoms with Gasteiger partial charge in [0.2, 0.25) is 0 Å². The van der Waals surface area contributed by atoms with Crippen LogP contribution in [0.2, 0.25) is 0 Å². The highest BCUT2D eigenvalue weighted by Crippen LogP contribution is 2.15. The molecule has 0 aliphatic heterocycles. The zero-order valence-corrected chi connectivity index (χ0v) is 10.5. The van der Waals surface area contributed by atoms with E-state index in [1.165, 1.54) is 6.92 Å². The summed E-state index contributed by atoms with van der Waals surface area (Å²) < 4.78 is 27.1. The van der Waals surface area contributed by atoms with E-state index >= 15 is 0 Å². The van der Waals surface area contributed by atoms with Crippen molar-refractivity contribution in [3.8, 4) is 0 Å². The second-order valence-electron chi connectivity index (χ2n) is 4.35. The normalized spacial score (nSPS) is 12.3. The quantitative estimate of drug-likeness (QED) is 0.543. The van der Waals surface area contributed by atoms with Crippen molar-refractivity contribution in [2.75, 3.05) is 12.4 Å². The Labute approximate surface area is 91.2 Å². The molecule has 0 N–H and O–H groups in total. The molecule has 0 heterocycles. The lowest BCUT2D eigenvalue weighted by molar-refractivity contribution is -0.138. The molecule has 0 bridgehead atoms. The molecule has 5 heteroatoms. The van der Waals surface area contributed by atoms with E-state index in [2.05, 4.69) is 6.58 Å². The van der Waals surface area contributed by atoms with E-state index in [0.717, 1.165) is 0 Å². The van der Waals surface area contributed by atoms with Crippen molar-refractivity contribution in [1.29, 1.82) is 0 Å². The SMILES string of the molecule is C=C(C)C(=O)OCCS(=O)(=O)C(C)(C)C. The molecule has 0 saturated heterocycles. The Balaban J connectivity index is 4.20. The number of hydrogen-bond donors (Lipinski definition) is 0. The van der Waals surface area contributed by atoms with Crippen LogP contribution >= 0.6 is 0 Å². The number of carbonyl (C=O) groups excluding carboxylic acids is 1. The number of carbonyl (C=O) groups is 1. The Morgan fingerprint density at radius 3 is 2.13 bits per heavy atom. The molecule has 0 fully saturated rings. The summed E-state index contributed by atoms with van der Waals surface area (Å²) in [5.74, 6) is -0.714. The van der Waals surface area contributed by atoms with Crippen LogP contribution in [-0.4, -0.2) is 31.5 Å². The van der Waals surface area contributed by atoms with Gasteiger partial charge in [-0.05, 0) is 27.7 Å². The van der Waals surface area contributed by atoms with Crippen molar-refractivity contribution >= 4 is 15.8 Å². The predicted octanol–water partition coefficient (Wildman–Crippen LogP) is 1.32. The Morgan fingerprint density at radius 1 is 1.33 bits per heavy atom. The van der Waals surface area contributed by atoms with Gasteiger partial charge in [-0.1, -0.05) is 6.58 Å². The third-order valence-corrected chi connectivity index (χ3v) is 4.44. The van der Waals surface area contributed by atoms with Crippen LogP contribution in [0.3, 0.4) is 0 Å². The van der Waals surface area contributed by atoms with E-state index in [0.29, 0.717) is 0 Å². The van der Waals surface area contributed by atoms with Crippen molar-refractivity contribution in [3.05, 3.63) is 12.2 Å². The average Bonchev–Trinajstić information content (AvgIpc) is 2.01. The summed E-state index contributed by atoms with van der Waals surface area (Å²) in [6.07, 6.45) is 0. The first-order chi connectivity index (χ1) is 6.58. The van der Waals surface area contributed by atoms with E-state index in [1.807, 2.05) is 0 Å². The number of esters is 1. The highest BCUT2D eigenvalue weighted by atomic mass is 32.2. The molecule has 0 spiro atoms. The topological polar surface area (TPSA) is 60.4 Å². The van der Waals surface area contributed by atoms with Gasteiger partial charge in [0.1, 0.15) is 6.61 Å². The van der Waals surface area contributed by atoms with Gasteiger partial charge < -0.3 is 4.74 Å². The molecule has 0 aliphatic rings. The van der Waals surface area contributed by atoms with Crippen molar-refractivity contribution in [1.82, 2.24) is 0 Å². The molecule has 0 amide bonds. The van der Waals surface area contributed by atoms with E-state index in [-0.39, 0.29) is 17.9 Å². The maximum atomic E-state index is 11.6. The van der Waals surface area contributed by atoms with Crippen LogP contribution in [0.15, 0.2) is 12.2 Å². The second kappa shape index (κ2) is 4.79. The van der Waals surface area contributed by atoms with E-state index in [1.54, 1.807) is 20.8 Å². The highest BCUT2D eigenvalue weighted by molar-refractivity contribution is 7.92. The fourth-order valence-electron chi connectivity index (χ4n) is 0.673. The monoisotopic (exact) mass is 234 g/mol. The smallest absolute Gasteiger partial charge is 0.333 e. The summed E-state index contributed by atoms with van der Waals surface area (Å²) in [6.45, 7) is 9.63. The van der Waals surface area contributed by atoms with Crippen LogP contribution in [0, 0.1) is 0 Å². The van der Waals surface area contributed by atoms with Gasteiger partial charge >= 0.3 is 5.97 Å². The lowest BCUT2D eigenvalue weighted by Crippen LogP contribution is -2.32. The van der Waals surface area contributed by atoms with E-state index < -0.39 is 20.6 Å². The molecule has 0 aromatic carbocycles. The number of hydrogen-bond acceptors (Lipinski definition) is 4. The van der Waals surface area contributed by atoms with Crippen molar-refractivity contribution < 1.29 is 17.9 Å². The van der Waals surface area contributed by atoms with Gasteiger partial charge in [0.25, 0.3) is 0 Å². The zero-order chi connectivity index (χ0) is 12.3. The molecule has 0 aliphatic carbocycles. The van der Waals surface area contributed by atoms with Crippen LogP contribution in [0.5, 0.6) is 0 Å². The molecule has 0 aromatic heterocycles. The van der Waals surface area contributed by atoms with Gasteiger partial charge in [-0.15, -0.1) is 0 Å². The minimum absolute atomic E-state index is 0.120. The summed E-state index contributed by atoms with van der Waals surface area (Å²) in [7, 11) is -3.23. The molecule has 0 radical (unpaired) electrons. The molecule has 0 atom stereocenters. The minimum Gasteiger partial charge on any atom is -0.461 e. The van der Waals surface area contributed by atoms with Crippen LogP contribution in [-0.2, 0) is 19.4 Å². The molecule has 0 saturated carbocycles. The summed E-state index contributed by atoms with van der Waals surface area (Å²) in [6, 6.07) is 0. The Morgan fingerprint density at radius 2 is 1.80 bits per heavy atom. The zero-order valence-electron chi connectivity index (χ0n) is 9.66. The molecule has 4 nitrogen and oxygen atoms in total. The highest BCUT2D eigenvalue weighted by Gasteiger charge is 2.28. The summed E-state index contributed by atoms with van der Waals surface area (Å²) >= 11 is 0. The number of rotatable bonds is 4. The second-order valence-corrected chi connectivity index (χ2v) is 7.21. The van der Waals surface area contributed by atoms with E-state index in [4.69, 9.17) is 4.74 Å². The number of ether oxygens (including phenoxy) is 1. The van der Waals surface area contributed by atoms with Gasteiger partial charge in [-0.25, -0.2) is 13.2 Å². The lowest BCUT2D eigenvalue weighted by Gasteiger charge is -2.18. The van der Waals surface area contributed by atoms with Gasteiger partial charge in [0, 0.05) is 5.57 Å². The van der Waals surface area contributed by atoms with Crippen molar-refractivity contribution in [2.45, 2.75) is 32.4 Å². The van der Waals surface area contributed by atoms with Gasteiger partial charge in [0.05, 0.1) is 10.5 Å². The van der Waals surface area contributed by atoms with Gasteiger partial charge in [-0.3, -0.25) is 0 Å². The maximum Gasteiger partial charge on any atom is 0.333 e. The molecule has 0 rings (SSSR count). The molecular weight excluding hydrogens is 216 g/mol. The molecule has 15 heavy (non-hydrogen) atoms. The fraction of sp³-hybridized carbons (Fsp3) is 0.700. The third kappa shape index (κ3) is 4.46. The summed E-state index contributed by atoms with van der Waals surface area (Å²) in [5.41, 5.74) is 0.267. The first kappa shape index (κ1) is 14.2. The van der Waals surface area contributed by atoms with Crippen LogP contribution < -0.4 is 0 Å². The average molecular weight is 234 g/mol. The van der Waals surface area contributed by atoms with Crippen LogP contribution in [0.1, 0.15) is 27.7 Å². The summed E-state index contributed by atoms with van der Waals surface area (Å²) in [5, 5.41) is 0. The molecule has 0 aromatic rings. The van der Waals surface area contributed by atoms with Crippen molar-refractivity contribution in [3.63, 3.8) is 0 Å². The first-order valence-corrected chi connectivity index (χ1v) is 6.28. The molecule has 0 unspecified atom stereocenters. The lowest BCUT2D eigenvalue weighted by atomic mass is 10.3. The van der Waals surface area contributed by atoms with Gasteiger partial charge in [-0.2, -0.15) is 0 Å². The summed E-state index contributed by atoms with van der Waals surface area (Å²) in [4.78, 5) is 11.0. The largest absolute Gasteiger partial charge is 0.461 e. The standard InChI is InChI=1S/C10H18O4S/c1-8(2)9(11)14-6-7-15(12,13)10(3,4)5/h1,6-7H2,2-5H3. The van der Waals surface area contributed by atoms with E-state index in [9.17, 15) is 13.2 Å². The predicted molar refractivity (Wildman–Crippen MR) is 59.3 cm³/mol. The maximum absolute atomic E-state index is 11.6. The van der Waals surface area contributed by atoms with Crippen LogP contribution in [0.4, 0.5) is 0 Å². The minimum atomic E-state index is -3.23. The first-order valence-electron chi connectivity index (χ1n) is 4.63. The number of sulfone groups is 1. The van der Waals surface area contributed by atoms with Gasteiger partial charge in [0.15, 0.2) is 9.84 Å². The molecule has 88 valence electrons. The fourth-order valence-corrected chi connectivity index (χ4v) is 1.59. The van der Waals surface area contributed by atoms with Crippen LogP contribution in [0.25, 0.3) is 0 Å². The Bertz CT molecular complexity index is 346. The van der Waals surface area contributed by atoms with Crippen molar-refractivity contribution in [2.24, 2.45) is 0 Å². The Kier molecular flexibility index (Phi) is 4.52. The Hall–Kier alpha value is -0.840. The molecular formula is C10H18O4S.